The van der Waals surface area contributed by atoms with Crippen molar-refractivity contribution in [3.8, 4) is 5.75 Å². The second-order valence-electron chi connectivity index (χ2n) is 5.20. The molecule has 2 heterocycles. The molecule has 3 rings (SSSR count). The Labute approximate surface area is 141 Å². The van der Waals surface area contributed by atoms with E-state index in [4.69, 9.17) is 4.74 Å². The molecule has 0 radical (unpaired) electrons. The third kappa shape index (κ3) is 3.05. The van der Waals surface area contributed by atoms with Crippen molar-refractivity contribution in [2.45, 2.75) is 20.8 Å². The number of esters is 1. The molecule has 3 aromatic rings. The van der Waals surface area contributed by atoms with Crippen LogP contribution in [-0.4, -0.2) is 20.6 Å². The highest BCUT2D eigenvalue weighted by molar-refractivity contribution is 9.10. The first-order chi connectivity index (χ1) is 11.0. The van der Waals surface area contributed by atoms with Crippen LogP contribution in [-0.2, 0) is 4.79 Å². The summed E-state index contributed by atoms with van der Waals surface area (Å²) in [6.07, 6.45) is 3.13. The van der Waals surface area contributed by atoms with Crippen molar-refractivity contribution in [3.05, 3.63) is 46.3 Å². The van der Waals surface area contributed by atoms with E-state index >= 15 is 0 Å². The molecule has 0 aliphatic rings. The summed E-state index contributed by atoms with van der Waals surface area (Å²) in [5, 5.41) is 7.46. The van der Waals surface area contributed by atoms with Crippen LogP contribution in [0.15, 0.2) is 35.2 Å². The minimum absolute atomic E-state index is 0.366. The number of ether oxygens (including phenoxy) is 1. The van der Waals surface area contributed by atoms with Crippen molar-refractivity contribution < 1.29 is 9.53 Å². The second kappa shape index (κ2) is 6.00. The van der Waals surface area contributed by atoms with E-state index in [0.717, 1.165) is 26.8 Å². The largest absolute Gasteiger partial charge is 0.425 e. The van der Waals surface area contributed by atoms with Crippen LogP contribution in [0, 0.1) is 13.8 Å². The molecule has 6 nitrogen and oxygen atoms in total. The maximum atomic E-state index is 11.2. The van der Waals surface area contributed by atoms with Crippen molar-refractivity contribution in [2.24, 2.45) is 0 Å². The summed E-state index contributed by atoms with van der Waals surface area (Å²) in [7, 11) is 0. The summed E-state index contributed by atoms with van der Waals surface area (Å²) in [6, 6.07) is 5.96. The van der Waals surface area contributed by atoms with E-state index in [-0.39, 0.29) is 5.97 Å². The Morgan fingerprint density at radius 2 is 2.13 bits per heavy atom. The fourth-order valence-corrected chi connectivity index (χ4v) is 2.59. The molecular formula is C16H15BrN4O2. The number of nitrogens with zero attached hydrogens (tertiary/aromatic N) is 3. The minimum atomic E-state index is -0.366. The highest BCUT2D eigenvalue weighted by atomic mass is 79.9. The first-order valence-corrected chi connectivity index (χ1v) is 7.79. The van der Waals surface area contributed by atoms with Gasteiger partial charge in [0.25, 0.3) is 0 Å². The van der Waals surface area contributed by atoms with E-state index in [1.807, 2.05) is 32.0 Å². The van der Waals surface area contributed by atoms with Gasteiger partial charge < -0.3 is 10.1 Å². The molecule has 1 aromatic carbocycles. The molecule has 1 N–H and O–H groups in total. The van der Waals surface area contributed by atoms with E-state index < -0.39 is 0 Å². The van der Waals surface area contributed by atoms with Gasteiger partial charge in [-0.2, -0.15) is 5.10 Å². The first kappa shape index (κ1) is 15.5. The fourth-order valence-electron chi connectivity index (χ4n) is 2.35. The third-order valence-corrected chi connectivity index (χ3v) is 4.34. The highest BCUT2D eigenvalue weighted by Crippen LogP contribution is 2.30. The number of halogens is 1. The number of benzene rings is 1. The van der Waals surface area contributed by atoms with Gasteiger partial charge in [0.2, 0.25) is 0 Å². The van der Waals surface area contributed by atoms with Crippen LogP contribution in [0.3, 0.4) is 0 Å². The van der Waals surface area contributed by atoms with E-state index in [0.29, 0.717) is 11.6 Å². The smallest absolute Gasteiger partial charge is 0.308 e. The van der Waals surface area contributed by atoms with Gasteiger partial charge in [-0.1, -0.05) is 15.9 Å². The predicted molar refractivity (Wildman–Crippen MR) is 91.2 cm³/mol. The first-order valence-electron chi connectivity index (χ1n) is 7.00. The molecule has 23 heavy (non-hydrogen) atoms. The zero-order valence-electron chi connectivity index (χ0n) is 12.9. The summed E-state index contributed by atoms with van der Waals surface area (Å²) in [4.78, 5) is 15.5. The number of hydrogen-bond donors (Lipinski definition) is 1. The average molecular weight is 375 g/mol. The van der Waals surface area contributed by atoms with E-state index in [9.17, 15) is 4.79 Å². The van der Waals surface area contributed by atoms with Gasteiger partial charge in [-0.15, -0.1) is 0 Å². The molecular weight excluding hydrogens is 360 g/mol. The number of nitrogens with one attached hydrogen (secondary N) is 1. The summed E-state index contributed by atoms with van der Waals surface area (Å²) < 4.78 is 7.90. The SMILES string of the molecule is CC(=O)Oc1cn2ncnc(Nc3ccc(Br)c(C)c3)c2c1C. The number of hydrogen-bond acceptors (Lipinski definition) is 5. The summed E-state index contributed by atoms with van der Waals surface area (Å²) >= 11 is 3.49. The molecule has 118 valence electrons. The Hall–Kier alpha value is -2.41. The van der Waals surface area contributed by atoms with Gasteiger partial charge in [0.05, 0.1) is 6.20 Å². The van der Waals surface area contributed by atoms with Crippen molar-refractivity contribution in [2.75, 3.05) is 5.32 Å². The zero-order valence-corrected chi connectivity index (χ0v) is 14.5. The zero-order chi connectivity index (χ0) is 16.6. The van der Waals surface area contributed by atoms with Gasteiger partial charge >= 0.3 is 5.97 Å². The van der Waals surface area contributed by atoms with Crippen LogP contribution in [0.25, 0.3) is 5.52 Å². The molecule has 0 aliphatic heterocycles. The molecule has 0 spiro atoms. The Morgan fingerprint density at radius 1 is 1.35 bits per heavy atom. The van der Waals surface area contributed by atoms with Gasteiger partial charge in [0, 0.05) is 22.6 Å². The quantitative estimate of drug-likeness (QED) is 0.706. The topological polar surface area (TPSA) is 68.5 Å². The summed E-state index contributed by atoms with van der Waals surface area (Å²) in [5.74, 6) is 0.765. The Balaban J connectivity index is 2.05. The van der Waals surface area contributed by atoms with Gasteiger partial charge in [0.15, 0.2) is 11.6 Å². The molecule has 2 aromatic heterocycles. The number of aryl methyl sites for hydroxylation is 2. The van der Waals surface area contributed by atoms with Crippen molar-refractivity contribution in [1.29, 1.82) is 0 Å². The summed E-state index contributed by atoms with van der Waals surface area (Å²) in [5.41, 5.74) is 3.61. The number of anilines is 2. The Kier molecular flexibility index (Phi) is 4.04. The fraction of sp³-hybridized carbons (Fsp3) is 0.188. The number of fused-ring (bicyclic) bond motifs is 1. The average Bonchev–Trinajstić information content (AvgIpc) is 2.80. The lowest BCUT2D eigenvalue weighted by atomic mass is 10.2. The van der Waals surface area contributed by atoms with Crippen LogP contribution >= 0.6 is 15.9 Å². The monoisotopic (exact) mass is 374 g/mol. The van der Waals surface area contributed by atoms with Crippen molar-refractivity contribution >= 4 is 38.9 Å². The lowest BCUT2D eigenvalue weighted by Crippen LogP contribution is -2.01. The molecule has 0 fully saturated rings. The van der Waals surface area contributed by atoms with Crippen LogP contribution in [0.4, 0.5) is 11.5 Å². The molecule has 7 heteroatoms. The van der Waals surface area contributed by atoms with Crippen LogP contribution in [0.2, 0.25) is 0 Å². The third-order valence-electron chi connectivity index (χ3n) is 3.45. The molecule has 0 aliphatic carbocycles. The standard InChI is InChI=1S/C16H15BrN4O2/c1-9-6-12(4-5-13(9)17)20-16-15-10(2)14(23-11(3)22)7-21(15)19-8-18-16/h4-8H,1-3H3,(H,18,19,20). The van der Waals surface area contributed by atoms with Crippen molar-refractivity contribution in [1.82, 2.24) is 14.6 Å². The molecule has 0 unspecified atom stereocenters. The highest BCUT2D eigenvalue weighted by Gasteiger charge is 2.15. The molecule has 0 saturated heterocycles. The van der Waals surface area contributed by atoms with E-state index in [1.165, 1.54) is 13.3 Å². The van der Waals surface area contributed by atoms with Crippen molar-refractivity contribution in [3.63, 3.8) is 0 Å². The lowest BCUT2D eigenvalue weighted by molar-refractivity contribution is -0.131. The summed E-state index contributed by atoms with van der Waals surface area (Å²) in [6.45, 7) is 5.26. The van der Waals surface area contributed by atoms with Gasteiger partial charge in [-0.05, 0) is 37.6 Å². The van der Waals surface area contributed by atoms with Gasteiger partial charge in [-0.25, -0.2) is 9.50 Å². The Morgan fingerprint density at radius 3 is 2.83 bits per heavy atom. The number of carbonyl (C=O) groups is 1. The Bertz CT molecular complexity index is 904. The number of rotatable bonds is 3. The maximum absolute atomic E-state index is 11.2. The number of carbonyl (C=O) groups excluding carboxylic acids is 1. The van der Waals surface area contributed by atoms with Crippen LogP contribution in [0.1, 0.15) is 18.1 Å². The lowest BCUT2D eigenvalue weighted by Gasteiger charge is -2.09. The van der Waals surface area contributed by atoms with E-state index in [1.54, 1.807) is 10.7 Å². The molecule has 0 saturated carbocycles. The molecule has 0 atom stereocenters. The number of aromatic nitrogens is 3. The molecule has 0 bridgehead atoms. The second-order valence-corrected chi connectivity index (χ2v) is 6.06. The van der Waals surface area contributed by atoms with Gasteiger partial charge in [-0.3, -0.25) is 4.79 Å². The van der Waals surface area contributed by atoms with Crippen LogP contribution in [0.5, 0.6) is 5.75 Å². The normalized spacial score (nSPS) is 10.8. The molecule has 0 amide bonds. The van der Waals surface area contributed by atoms with E-state index in [2.05, 4.69) is 31.3 Å². The predicted octanol–water partition coefficient (Wildman–Crippen LogP) is 3.78. The minimum Gasteiger partial charge on any atom is -0.425 e. The van der Waals surface area contributed by atoms with Gasteiger partial charge in [0.1, 0.15) is 11.8 Å². The maximum Gasteiger partial charge on any atom is 0.308 e. The van der Waals surface area contributed by atoms with Crippen LogP contribution < -0.4 is 10.1 Å².